The number of halogens is 3. The zero-order chi connectivity index (χ0) is 14.0. The molecule has 3 nitrogen and oxygen atoms in total. The molecule has 0 fully saturated rings. The van der Waals surface area contributed by atoms with E-state index in [1.165, 1.54) is 12.1 Å². The molecule has 0 spiro atoms. The maximum absolute atomic E-state index is 13.4. The van der Waals surface area contributed by atoms with Gasteiger partial charge in [0, 0.05) is 12.1 Å². The smallest absolute Gasteiger partial charge is 0.342 e. The summed E-state index contributed by atoms with van der Waals surface area (Å²) in [5, 5.41) is 0. The Hall–Kier alpha value is -2.02. The standard InChI is InChI=1S/C12H7F3O3S/c13-8-2-1-3-10(6-8)18-19(16,17)12-5-4-9(14)7-11(12)15/h1-7H. The first-order valence-electron chi connectivity index (χ1n) is 5.03. The van der Waals surface area contributed by atoms with E-state index in [9.17, 15) is 21.6 Å². The summed E-state index contributed by atoms with van der Waals surface area (Å²) in [4.78, 5) is -0.821. The minimum atomic E-state index is -4.49. The number of rotatable bonds is 3. The fourth-order valence-corrected chi connectivity index (χ4v) is 2.35. The van der Waals surface area contributed by atoms with Gasteiger partial charge in [-0.25, -0.2) is 13.2 Å². The first-order valence-corrected chi connectivity index (χ1v) is 6.44. The largest absolute Gasteiger partial charge is 0.379 e. The van der Waals surface area contributed by atoms with Crippen LogP contribution in [0.3, 0.4) is 0 Å². The molecule has 0 amide bonds. The molecule has 0 aliphatic rings. The lowest BCUT2D eigenvalue weighted by atomic mass is 10.3. The molecule has 0 unspecified atom stereocenters. The third-order valence-corrected chi connectivity index (χ3v) is 3.45. The molecular formula is C12H7F3O3S. The maximum Gasteiger partial charge on any atom is 0.342 e. The molecule has 0 bridgehead atoms. The highest BCUT2D eigenvalue weighted by Gasteiger charge is 2.22. The van der Waals surface area contributed by atoms with Crippen molar-refractivity contribution < 1.29 is 25.8 Å². The lowest BCUT2D eigenvalue weighted by Crippen LogP contribution is -2.12. The van der Waals surface area contributed by atoms with E-state index in [0.29, 0.717) is 6.07 Å². The van der Waals surface area contributed by atoms with E-state index in [1.807, 2.05) is 0 Å². The lowest BCUT2D eigenvalue weighted by molar-refractivity contribution is 0.472. The summed E-state index contributed by atoms with van der Waals surface area (Å²) < 4.78 is 67.0. The van der Waals surface area contributed by atoms with Crippen LogP contribution < -0.4 is 4.18 Å². The van der Waals surface area contributed by atoms with Crippen LogP contribution in [0.25, 0.3) is 0 Å². The summed E-state index contributed by atoms with van der Waals surface area (Å²) in [6.45, 7) is 0. The van der Waals surface area contributed by atoms with Crippen LogP contribution in [0.5, 0.6) is 5.75 Å². The predicted molar refractivity (Wildman–Crippen MR) is 60.6 cm³/mol. The maximum atomic E-state index is 13.4. The highest BCUT2D eigenvalue weighted by atomic mass is 32.2. The predicted octanol–water partition coefficient (Wildman–Crippen LogP) is 2.87. The van der Waals surface area contributed by atoms with Crippen LogP contribution in [0.4, 0.5) is 13.2 Å². The molecule has 2 rings (SSSR count). The van der Waals surface area contributed by atoms with Crippen molar-refractivity contribution in [2.45, 2.75) is 4.90 Å². The molecule has 2 aromatic rings. The van der Waals surface area contributed by atoms with Gasteiger partial charge in [-0.3, -0.25) is 0 Å². The van der Waals surface area contributed by atoms with Gasteiger partial charge in [-0.2, -0.15) is 8.42 Å². The van der Waals surface area contributed by atoms with Crippen LogP contribution >= 0.6 is 0 Å². The zero-order valence-electron chi connectivity index (χ0n) is 9.31. The monoisotopic (exact) mass is 288 g/mol. The second-order valence-corrected chi connectivity index (χ2v) is 5.08. The van der Waals surface area contributed by atoms with Crippen molar-refractivity contribution in [3.05, 3.63) is 59.9 Å². The molecule has 0 aromatic heterocycles. The van der Waals surface area contributed by atoms with Gasteiger partial charge in [0.15, 0.2) is 0 Å². The molecule has 0 saturated carbocycles. The molecule has 19 heavy (non-hydrogen) atoms. The van der Waals surface area contributed by atoms with Gasteiger partial charge >= 0.3 is 10.1 Å². The van der Waals surface area contributed by atoms with Crippen LogP contribution in [0.15, 0.2) is 47.4 Å². The Kier molecular flexibility index (Phi) is 3.48. The minimum Gasteiger partial charge on any atom is -0.379 e. The molecule has 0 N–H and O–H groups in total. The SMILES string of the molecule is O=S(=O)(Oc1cccc(F)c1)c1ccc(F)cc1F. The van der Waals surface area contributed by atoms with Crippen LogP contribution in [0.1, 0.15) is 0 Å². The summed E-state index contributed by atoms with van der Waals surface area (Å²) in [5.74, 6) is -3.20. The molecule has 0 aliphatic carbocycles. The van der Waals surface area contributed by atoms with Gasteiger partial charge in [-0.05, 0) is 24.3 Å². The van der Waals surface area contributed by atoms with E-state index < -0.39 is 32.5 Å². The second kappa shape index (κ2) is 4.93. The van der Waals surface area contributed by atoms with Gasteiger partial charge in [-0.1, -0.05) is 6.07 Å². The summed E-state index contributed by atoms with van der Waals surface area (Å²) in [6.07, 6.45) is 0. The van der Waals surface area contributed by atoms with Crippen LogP contribution in [-0.2, 0) is 10.1 Å². The van der Waals surface area contributed by atoms with E-state index in [4.69, 9.17) is 0 Å². The van der Waals surface area contributed by atoms with Gasteiger partial charge in [0.05, 0.1) is 0 Å². The summed E-state index contributed by atoms with van der Waals surface area (Å²) in [7, 11) is -4.49. The third-order valence-electron chi connectivity index (χ3n) is 2.17. The lowest BCUT2D eigenvalue weighted by Gasteiger charge is -2.07. The van der Waals surface area contributed by atoms with Gasteiger partial charge in [0.2, 0.25) is 0 Å². The van der Waals surface area contributed by atoms with Crippen LogP contribution in [0.2, 0.25) is 0 Å². The molecular weight excluding hydrogens is 281 g/mol. The summed E-state index contributed by atoms with van der Waals surface area (Å²) >= 11 is 0. The van der Waals surface area contributed by atoms with Gasteiger partial charge in [0.1, 0.15) is 28.1 Å². The van der Waals surface area contributed by atoms with E-state index in [-0.39, 0.29) is 5.75 Å². The minimum absolute atomic E-state index is 0.302. The van der Waals surface area contributed by atoms with Crippen LogP contribution in [-0.4, -0.2) is 8.42 Å². The van der Waals surface area contributed by atoms with Crippen molar-refractivity contribution in [1.82, 2.24) is 0 Å². The first-order chi connectivity index (χ1) is 8.88. The highest BCUT2D eigenvalue weighted by molar-refractivity contribution is 7.87. The van der Waals surface area contributed by atoms with Crippen molar-refractivity contribution in [2.75, 3.05) is 0 Å². The molecule has 7 heteroatoms. The van der Waals surface area contributed by atoms with Crippen molar-refractivity contribution in [1.29, 1.82) is 0 Å². The van der Waals surface area contributed by atoms with Gasteiger partial charge in [0.25, 0.3) is 0 Å². The Morgan fingerprint density at radius 1 is 0.895 bits per heavy atom. The Balaban J connectivity index is 2.38. The topological polar surface area (TPSA) is 43.4 Å². The normalized spacial score (nSPS) is 11.3. The number of hydrogen-bond donors (Lipinski definition) is 0. The Labute approximate surface area is 107 Å². The van der Waals surface area contributed by atoms with Crippen molar-refractivity contribution in [3.8, 4) is 5.75 Å². The Morgan fingerprint density at radius 3 is 2.21 bits per heavy atom. The van der Waals surface area contributed by atoms with Crippen LogP contribution in [0, 0.1) is 17.5 Å². The molecule has 0 atom stereocenters. The molecule has 100 valence electrons. The molecule has 0 radical (unpaired) electrons. The van der Waals surface area contributed by atoms with Gasteiger partial charge in [-0.15, -0.1) is 0 Å². The number of benzene rings is 2. The van der Waals surface area contributed by atoms with E-state index in [2.05, 4.69) is 4.18 Å². The Morgan fingerprint density at radius 2 is 1.58 bits per heavy atom. The molecule has 0 saturated heterocycles. The Bertz CT molecular complexity index is 714. The first kappa shape index (κ1) is 13.4. The van der Waals surface area contributed by atoms with E-state index in [1.54, 1.807) is 0 Å². The average molecular weight is 288 g/mol. The quantitative estimate of drug-likeness (QED) is 0.816. The van der Waals surface area contributed by atoms with E-state index in [0.717, 1.165) is 24.3 Å². The fraction of sp³-hybridized carbons (Fsp3) is 0. The van der Waals surface area contributed by atoms with Crippen molar-refractivity contribution in [3.63, 3.8) is 0 Å². The summed E-state index contributed by atoms with van der Waals surface area (Å²) in [5.41, 5.74) is 0. The highest BCUT2D eigenvalue weighted by Crippen LogP contribution is 2.21. The third kappa shape index (κ3) is 3.05. The number of hydrogen-bond acceptors (Lipinski definition) is 3. The average Bonchev–Trinajstić information content (AvgIpc) is 2.27. The molecule has 2 aromatic carbocycles. The van der Waals surface area contributed by atoms with Gasteiger partial charge < -0.3 is 4.18 Å². The summed E-state index contributed by atoms with van der Waals surface area (Å²) in [6, 6.07) is 6.30. The van der Waals surface area contributed by atoms with Crippen molar-refractivity contribution >= 4 is 10.1 Å². The molecule has 0 heterocycles. The fourth-order valence-electron chi connectivity index (χ4n) is 1.37. The zero-order valence-corrected chi connectivity index (χ0v) is 10.1. The van der Waals surface area contributed by atoms with Crippen molar-refractivity contribution in [2.24, 2.45) is 0 Å². The molecule has 0 aliphatic heterocycles. The second-order valence-electron chi connectivity index (χ2n) is 3.57. The van der Waals surface area contributed by atoms with E-state index >= 15 is 0 Å².